The lowest BCUT2D eigenvalue weighted by Gasteiger charge is -2.08. The molecule has 22 heavy (non-hydrogen) atoms. The van der Waals surface area contributed by atoms with Crippen molar-refractivity contribution < 1.29 is 9.59 Å². The highest BCUT2D eigenvalue weighted by molar-refractivity contribution is 6.30. The first-order chi connectivity index (χ1) is 10.6. The molecule has 5 nitrogen and oxygen atoms in total. The summed E-state index contributed by atoms with van der Waals surface area (Å²) in [6, 6.07) is 13.8. The van der Waals surface area contributed by atoms with Gasteiger partial charge in [0.05, 0.1) is 6.54 Å². The quantitative estimate of drug-likeness (QED) is 0.794. The first-order valence-electron chi connectivity index (χ1n) is 6.70. The number of anilines is 2. The zero-order chi connectivity index (χ0) is 15.9. The first-order valence-corrected chi connectivity index (χ1v) is 7.08. The van der Waals surface area contributed by atoms with Crippen molar-refractivity contribution in [3.8, 4) is 0 Å². The summed E-state index contributed by atoms with van der Waals surface area (Å²) in [5, 5.41) is 8.91. The number of benzene rings is 2. The molecule has 6 heteroatoms. The maximum absolute atomic E-state index is 11.8. The fourth-order valence-corrected chi connectivity index (χ4v) is 1.93. The summed E-state index contributed by atoms with van der Waals surface area (Å²) in [5.74, 6) is -0.315. The predicted octanol–water partition coefficient (Wildman–Crippen LogP) is 2.75. The monoisotopic (exact) mass is 317 g/mol. The minimum atomic E-state index is -0.169. The smallest absolute Gasteiger partial charge is 0.251 e. The second kappa shape index (κ2) is 7.47. The van der Waals surface area contributed by atoms with E-state index in [1.807, 2.05) is 0 Å². The van der Waals surface area contributed by atoms with Gasteiger partial charge in [-0.05, 0) is 48.5 Å². The van der Waals surface area contributed by atoms with Gasteiger partial charge in [0, 0.05) is 29.0 Å². The second-order valence-corrected chi connectivity index (χ2v) is 5.00. The molecule has 0 unspecified atom stereocenters. The van der Waals surface area contributed by atoms with E-state index in [1.165, 1.54) is 0 Å². The molecule has 0 aromatic heterocycles. The summed E-state index contributed by atoms with van der Waals surface area (Å²) in [6.45, 7) is 0.127. The number of amides is 2. The summed E-state index contributed by atoms with van der Waals surface area (Å²) >= 11 is 5.78. The Morgan fingerprint density at radius 1 is 0.955 bits per heavy atom. The number of carbonyl (C=O) groups is 2. The topological polar surface area (TPSA) is 70.2 Å². The van der Waals surface area contributed by atoms with E-state index in [4.69, 9.17) is 11.6 Å². The van der Waals surface area contributed by atoms with Gasteiger partial charge in [0.15, 0.2) is 0 Å². The van der Waals surface area contributed by atoms with E-state index in [9.17, 15) is 9.59 Å². The fourth-order valence-electron chi connectivity index (χ4n) is 1.80. The largest absolute Gasteiger partial charge is 0.376 e. The summed E-state index contributed by atoms with van der Waals surface area (Å²) in [7, 11) is 1.58. The van der Waals surface area contributed by atoms with Crippen molar-refractivity contribution in [3.63, 3.8) is 0 Å². The molecule has 0 atom stereocenters. The standard InChI is InChI=1S/C16H16ClN3O2/c1-18-16(22)11-2-6-13(7-3-11)19-10-15(21)20-14-8-4-12(17)5-9-14/h2-9,19H,10H2,1H3,(H,18,22)(H,20,21). The number of halogens is 1. The van der Waals surface area contributed by atoms with E-state index in [0.717, 1.165) is 5.69 Å². The van der Waals surface area contributed by atoms with Crippen LogP contribution in [0.4, 0.5) is 11.4 Å². The molecule has 3 N–H and O–H groups in total. The number of nitrogens with one attached hydrogen (secondary N) is 3. The van der Waals surface area contributed by atoms with Crippen LogP contribution in [0.5, 0.6) is 0 Å². The number of hydrogen-bond acceptors (Lipinski definition) is 3. The van der Waals surface area contributed by atoms with Crippen molar-refractivity contribution in [2.45, 2.75) is 0 Å². The minimum Gasteiger partial charge on any atom is -0.376 e. The van der Waals surface area contributed by atoms with Crippen LogP contribution in [-0.2, 0) is 4.79 Å². The third kappa shape index (κ3) is 4.49. The normalized spacial score (nSPS) is 9.91. The van der Waals surface area contributed by atoms with E-state index in [0.29, 0.717) is 16.3 Å². The maximum Gasteiger partial charge on any atom is 0.251 e. The molecular weight excluding hydrogens is 302 g/mol. The highest BCUT2D eigenvalue weighted by Crippen LogP contribution is 2.13. The van der Waals surface area contributed by atoms with Gasteiger partial charge in [0.1, 0.15) is 0 Å². The third-order valence-electron chi connectivity index (χ3n) is 2.96. The van der Waals surface area contributed by atoms with Crippen LogP contribution in [-0.4, -0.2) is 25.4 Å². The van der Waals surface area contributed by atoms with Gasteiger partial charge >= 0.3 is 0 Å². The Morgan fingerprint density at radius 3 is 2.14 bits per heavy atom. The number of hydrogen-bond donors (Lipinski definition) is 3. The van der Waals surface area contributed by atoms with Crippen LogP contribution in [0.3, 0.4) is 0 Å². The molecule has 2 aromatic rings. The summed E-state index contributed by atoms with van der Waals surface area (Å²) in [5.41, 5.74) is 2.02. The molecule has 0 radical (unpaired) electrons. The lowest BCUT2D eigenvalue weighted by Crippen LogP contribution is -2.22. The van der Waals surface area contributed by atoms with Crippen LogP contribution in [0.15, 0.2) is 48.5 Å². The van der Waals surface area contributed by atoms with Crippen LogP contribution in [0, 0.1) is 0 Å². The summed E-state index contributed by atoms with van der Waals surface area (Å²) in [4.78, 5) is 23.2. The Morgan fingerprint density at radius 2 is 1.55 bits per heavy atom. The summed E-state index contributed by atoms with van der Waals surface area (Å²) < 4.78 is 0. The van der Waals surface area contributed by atoms with Crippen molar-refractivity contribution in [3.05, 3.63) is 59.1 Å². The van der Waals surface area contributed by atoms with E-state index >= 15 is 0 Å². The van der Waals surface area contributed by atoms with Crippen molar-refractivity contribution in [1.29, 1.82) is 0 Å². The molecule has 114 valence electrons. The third-order valence-corrected chi connectivity index (χ3v) is 3.21. The molecule has 2 amide bonds. The predicted molar refractivity (Wildman–Crippen MR) is 88.4 cm³/mol. The van der Waals surface area contributed by atoms with Gasteiger partial charge in [-0.2, -0.15) is 0 Å². The highest BCUT2D eigenvalue weighted by atomic mass is 35.5. The Bertz CT molecular complexity index is 654. The van der Waals surface area contributed by atoms with Crippen LogP contribution in [0.25, 0.3) is 0 Å². The van der Waals surface area contributed by atoms with Crippen LogP contribution >= 0.6 is 11.6 Å². The summed E-state index contributed by atoms with van der Waals surface area (Å²) in [6.07, 6.45) is 0. The van der Waals surface area contributed by atoms with Crippen molar-refractivity contribution in [2.24, 2.45) is 0 Å². The van der Waals surface area contributed by atoms with Gasteiger partial charge in [-0.3, -0.25) is 9.59 Å². The highest BCUT2D eigenvalue weighted by Gasteiger charge is 2.04. The maximum atomic E-state index is 11.8. The number of carbonyl (C=O) groups excluding carboxylic acids is 2. The SMILES string of the molecule is CNC(=O)c1ccc(NCC(=O)Nc2ccc(Cl)cc2)cc1. The van der Waals surface area contributed by atoms with Crippen molar-refractivity contribution in [1.82, 2.24) is 5.32 Å². The molecule has 0 aliphatic carbocycles. The molecule has 0 heterocycles. The van der Waals surface area contributed by atoms with E-state index < -0.39 is 0 Å². The minimum absolute atomic E-state index is 0.127. The Kier molecular flexibility index (Phi) is 5.38. The van der Waals surface area contributed by atoms with E-state index in [2.05, 4.69) is 16.0 Å². The Hall–Kier alpha value is -2.53. The molecule has 0 fully saturated rings. The molecule has 2 aromatic carbocycles. The molecular formula is C16H16ClN3O2. The molecule has 2 rings (SSSR count). The molecule has 0 saturated heterocycles. The van der Waals surface area contributed by atoms with Gasteiger partial charge in [-0.15, -0.1) is 0 Å². The average molecular weight is 318 g/mol. The van der Waals surface area contributed by atoms with Gasteiger partial charge in [-0.25, -0.2) is 0 Å². The van der Waals surface area contributed by atoms with Crippen LogP contribution in [0.2, 0.25) is 5.02 Å². The molecule has 0 aliphatic rings. The second-order valence-electron chi connectivity index (χ2n) is 4.57. The van der Waals surface area contributed by atoms with Crippen molar-refractivity contribution in [2.75, 3.05) is 24.2 Å². The van der Waals surface area contributed by atoms with E-state index in [1.54, 1.807) is 55.6 Å². The lowest BCUT2D eigenvalue weighted by molar-refractivity contribution is -0.114. The van der Waals surface area contributed by atoms with Crippen molar-refractivity contribution >= 4 is 34.8 Å². The molecule has 0 bridgehead atoms. The first kappa shape index (κ1) is 15.9. The van der Waals surface area contributed by atoms with Gasteiger partial charge in [0.2, 0.25) is 5.91 Å². The fraction of sp³-hybridized carbons (Fsp3) is 0.125. The van der Waals surface area contributed by atoms with E-state index in [-0.39, 0.29) is 18.4 Å². The van der Waals surface area contributed by atoms with Crippen LogP contribution < -0.4 is 16.0 Å². The molecule has 0 spiro atoms. The Labute approximate surface area is 133 Å². The van der Waals surface area contributed by atoms with Gasteiger partial charge < -0.3 is 16.0 Å². The van der Waals surface area contributed by atoms with Gasteiger partial charge in [-0.1, -0.05) is 11.6 Å². The average Bonchev–Trinajstić information content (AvgIpc) is 2.55. The van der Waals surface area contributed by atoms with Gasteiger partial charge in [0.25, 0.3) is 5.91 Å². The Balaban J connectivity index is 1.85. The molecule has 0 aliphatic heterocycles. The van der Waals surface area contributed by atoms with Crippen LogP contribution in [0.1, 0.15) is 10.4 Å². The zero-order valence-corrected chi connectivity index (χ0v) is 12.8. The molecule has 0 saturated carbocycles. The lowest BCUT2D eigenvalue weighted by atomic mass is 10.2. The zero-order valence-electron chi connectivity index (χ0n) is 12.0. The number of rotatable bonds is 5.